The lowest BCUT2D eigenvalue weighted by molar-refractivity contribution is -0.138. The van der Waals surface area contributed by atoms with Crippen LogP contribution in [0.4, 0.5) is 0 Å². The maximum atomic E-state index is 12.5. The zero-order chi connectivity index (χ0) is 30.6. The molecule has 5 aromatic carbocycles. The average Bonchev–Trinajstić information content (AvgIpc) is 3.43. The first-order valence-corrected chi connectivity index (χ1v) is 15.1. The number of aromatic carboxylic acids is 1. The number of rotatable bonds is 10. The molecule has 1 heterocycles. The Labute approximate surface area is 257 Å². The fourth-order valence-corrected chi connectivity index (χ4v) is 6.09. The number of benzene rings is 5. The molecule has 6 aromatic rings. The molecule has 0 spiro atoms. The van der Waals surface area contributed by atoms with Gasteiger partial charge in [-0.1, -0.05) is 84.9 Å². The van der Waals surface area contributed by atoms with Crippen molar-refractivity contribution >= 4 is 51.5 Å². The van der Waals surface area contributed by atoms with Crippen LogP contribution in [0.15, 0.2) is 120 Å². The monoisotopic (exact) mass is 601 g/mol. The average molecular weight is 602 g/mol. The zero-order valence-corrected chi connectivity index (χ0v) is 24.2. The zero-order valence-electron chi connectivity index (χ0n) is 23.4. The van der Waals surface area contributed by atoms with Crippen LogP contribution in [-0.4, -0.2) is 39.9 Å². The molecule has 0 saturated carbocycles. The van der Waals surface area contributed by atoms with Crippen molar-refractivity contribution < 1.29 is 29.0 Å². The summed E-state index contributed by atoms with van der Waals surface area (Å²) in [4.78, 5) is 35.3. The molecule has 44 heavy (non-hydrogen) atoms. The van der Waals surface area contributed by atoms with E-state index >= 15 is 0 Å². The van der Waals surface area contributed by atoms with E-state index in [1.807, 2.05) is 42.5 Å². The second kappa shape index (κ2) is 12.5. The summed E-state index contributed by atoms with van der Waals surface area (Å²) in [6.07, 6.45) is 0. The standard InChI is InChI=1S/C36H27NO6S/c38-34(26-16-18-27(19-17-26)35(39)40)37-31(36(41)42)21-44-20-22-8-10-23(11-9-22)24-12-14-25(15-13-24)28-5-3-6-30-29-4-1-2-7-32(29)43-33(28)30/h1-19,31H,20-21H2,(H,37,38)(H,39,40)(H,41,42). The maximum Gasteiger partial charge on any atom is 0.335 e. The molecule has 0 aliphatic heterocycles. The summed E-state index contributed by atoms with van der Waals surface area (Å²) < 4.78 is 6.20. The number of para-hydroxylation sites is 2. The van der Waals surface area contributed by atoms with Crippen LogP contribution < -0.4 is 5.32 Å². The molecule has 1 atom stereocenters. The third kappa shape index (κ3) is 6.07. The van der Waals surface area contributed by atoms with Crippen LogP contribution in [0, 0.1) is 0 Å². The van der Waals surface area contributed by atoms with Crippen molar-refractivity contribution in [1.82, 2.24) is 5.32 Å². The lowest BCUT2D eigenvalue weighted by Crippen LogP contribution is -2.42. The highest BCUT2D eigenvalue weighted by molar-refractivity contribution is 7.98. The number of carboxylic acid groups (broad SMARTS) is 2. The summed E-state index contributed by atoms with van der Waals surface area (Å²) in [5.41, 5.74) is 7.29. The minimum absolute atomic E-state index is 0.0479. The lowest BCUT2D eigenvalue weighted by Gasteiger charge is -2.14. The Morgan fingerprint density at radius 3 is 1.98 bits per heavy atom. The predicted octanol–water partition coefficient (Wildman–Crippen LogP) is 7.73. The first kappa shape index (κ1) is 28.8. The summed E-state index contributed by atoms with van der Waals surface area (Å²) >= 11 is 1.41. The van der Waals surface area contributed by atoms with E-state index in [0.717, 1.165) is 49.8 Å². The molecule has 1 unspecified atom stereocenters. The molecule has 0 saturated heterocycles. The number of fused-ring (bicyclic) bond motifs is 3. The summed E-state index contributed by atoms with van der Waals surface area (Å²) in [6.45, 7) is 0. The van der Waals surface area contributed by atoms with Gasteiger partial charge in [-0.25, -0.2) is 9.59 Å². The van der Waals surface area contributed by atoms with Gasteiger partial charge in [0.05, 0.1) is 5.56 Å². The Morgan fingerprint density at radius 2 is 1.30 bits per heavy atom. The molecule has 1 aromatic heterocycles. The first-order chi connectivity index (χ1) is 21.4. The third-order valence-electron chi connectivity index (χ3n) is 7.44. The van der Waals surface area contributed by atoms with Crippen LogP contribution in [0.1, 0.15) is 26.3 Å². The van der Waals surface area contributed by atoms with Gasteiger partial charge in [0.25, 0.3) is 5.91 Å². The normalized spacial score (nSPS) is 11.8. The molecule has 0 aliphatic carbocycles. The lowest BCUT2D eigenvalue weighted by atomic mass is 9.98. The van der Waals surface area contributed by atoms with Crippen molar-refractivity contribution in [3.8, 4) is 22.3 Å². The molecule has 218 valence electrons. The molecule has 8 heteroatoms. The van der Waals surface area contributed by atoms with Crippen LogP contribution >= 0.6 is 11.8 Å². The fraction of sp³-hybridized carbons (Fsp3) is 0.0833. The summed E-state index contributed by atoms with van der Waals surface area (Å²) in [7, 11) is 0. The van der Waals surface area contributed by atoms with Crippen LogP contribution in [0.2, 0.25) is 0 Å². The van der Waals surface area contributed by atoms with Crippen molar-refractivity contribution in [2.24, 2.45) is 0 Å². The Balaban J connectivity index is 1.07. The number of amides is 1. The largest absolute Gasteiger partial charge is 0.480 e. The SMILES string of the molecule is O=C(O)c1ccc(C(=O)NC(CSCc2ccc(-c3ccc(-c4cccc5c4oc4ccccc45)cc3)cc2)C(=O)O)cc1. The minimum atomic E-state index is -1.14. The Kier molecular flexibility index (Phi) is 8.16. The summed E-state index contributed by atoms with van der Waals surface area (Å²) in [5, 5.41) is 23.3. The molecular formula is C36H27NO6S. The van der Waals surface area contributed by atoms with Gasteiger partial charge in [0, 0.05) is 33.4 Å². The van der Waals surface area contributed by atoms with E-state index in [4.69, 9.17) is 9.52 Å². The molecule has 3 N–H and O–H groups in total. The molecule has 0 radical (unpaired) electrons. The minimum Gasteiger partial charge on any atom is -0.480 e. The summed E-state index contributed by atoms with van der Waals surface area (Å²) in [5.74, 6) is -2.05. The van der Waals surface area contributed by atoms with E-state index in [0.29, 0.717) is 5.75 Å². The molecule has 1 amide bonds. The predicted molar refractivity (Wildman–Crippen MR) is 173 cm³/mol. The van der Waals surface area contributed by atoms with Gasteiger partial charge in [0.15, 0.2) is 0 Å². The number of furan rings is 1. The fourth-order valence-electron chi connectivity index (χ4n) is 5.09. The molecule has 0 bridgehead atoms. The van der Waals surface area contributed by atoms with Gasteiger partial charge in [-0.05, 0) is 52.6 Å². The number of nitrogens with one attached hydrogen (secondary N) is 1. The Bertz CT molecular complexity index is 1980. The highest BCUT2D eigenvalue weighted by atomic mass is 32.2. The number of hydrogen-bond donors (Lipinski definition) is 3. The molecular weight excluding hydrogens is 574 g/mol. The quantitative estimate of drug-likeness (QED) is 0.147. The first-order valence-electron chi connectivity index (χ1n) is 13.9. The van der Waals surface area contributed by atoms with E-state index < -0.39 is 23.9 Å². The van der Waals surface area contributed by atoms with Crippen LogP contribution in [0.25, 0.3) is 44.2 Å². The van der Waals surface area contributed by atoms with E-state index in [1.165, 1.54) is 36.0 Å². The van der Waals surface area contributed by atoms with Crippen molar-refractivity contribution in [1.29, 1.82) is 0 Å². The van der Waals surface area contributed by atoms with Gasteiger partial charge in [-0.3, -0.25) is 4.79 Å². The molecule has 6 rings (SSSR count). The number of carbonyl (C=O) groups is 3. The van der Waals surface area contributed by atoms with E-state index in [-0.39, 0.29) is 16.9 Å². The van der Waals surface area contributed by atoms with Gasteiger partial charge in [0.1, 0.15) is 17.2 Å². The number of hydrogen-bond acceptors (Lipinski definition) is 5. The smallest absolute Gasteiger partial charge is 0.335 e. The van der Waals surface area contributed by atoms with Gasteiger partial charge in [0.2, 0.25) is 0 Å². The van der Waals surface area contributed by atoms with Gasteiger partial charge < -0.3 is 19.9 Å². The van der Waals surface area contributed by atoms with Crippen LogP contribution in [-0.2, 0) is 10.5 Å². The van der Waals surface area contributed by atoms with E-state index in [9.17, 15) is 19.5 Å². The molecule has 7 nitrogen and oxygen atoms in total. The van der Waals surface area contributed by atoms with Crippen molar-refractivity contribution in [2.75, 3.05) is 5.75 Å². The molecule has 0 fully saturated rings. The number of carbonyl (C=O) groups excluding carboxylic acids is 1. The van der Waals surface area contributed by atoms with E-state index in [1.54, 1.807) is 0 Å². The van der Waals surface area contributed by atoms with Crippen molar-refractivity contribution in [3.63, 3.8) is 0 Å². The Morgan fingerprint density at radius 1 is 0.682 bits per heavy atom. The number of thioether (sulfide) groups is 1. The highest BCUT2D eigenvalue weighted by Crippen LogP contribution is 2.36. The van der Waals surface area contributed by atoms with Crippen molar-refractivity contribution in [3.05, 3.63) is 132 Å². The number of carboxylic acids is 2. The highest BCUT2D eigenvalue weighted by Gasteiger charge is 2.21. The topological polar surface area (TPSA) is 117 Å². The summed E-state index contributed by atoms with van der Waals surface area (Å²) in [6, 6.07) is 35.0. The Hall–Kier alpha value is -5.34. The third-order valence-corrected chi connectivity index (χ3v) is 8.54. The van der Waals surface area contributed by atoms with Crippen molar-refractivity contribution in [2.45, 2.75) is 11.8 Å². The van der Waals surface area contributed by atoms with Crippen LogP contribution in [0.3, 0.4) is 0 Å². The second-order valence-corrected chi connectivity index (χ2v) is 11.3. The maximum absolute atomic E-state index is 12.5. The number of aliphatic carboxylic acids is 1. The van der Waals surface area contributed by atoms with Crippen LogP contribution in [0.5, 0.6) is 0 Å². The second-order valence-electron chi connectivity index (χ2n) is 10.3. The van der Waals surface area contributed by atoms with E-state index in [2.05, 4.69) is 53.8 Å². The van der Waals surface area contributed by atoms with Gasteiger partial charge >= 0.3 is 11.9 Å². The van der Waals surface area contributed by atoms with Gasteiger partial charge in [-0.2, -0.15) is 11.8 Å². The van der Waals surface area contributed by atoms with Gasteiger partial charge in [-0.15, -0.1) is 0 Å². The molecule has 0 aliphatic rings.